The fraction of sp³-hybridized carbons (Fsp3) is 0.438. The molecule has 1 aliphatic heterocycles. The van der Waals surface area contributed by atoms with Crippen molar-refractivity contribution in [2.45, 2.75) is 18.8 Å². The zero-order valence-electron chi connectivity index (χ0n) is 12.8. The summed E-state index contributed by atoms with van der Waals surface area (Å²) in [6.45, 7) is 2.97. The van der Waals surface area contributed by atoms with Crippen LogP contribution < -0.4 is 10.2 Å². The summed E-state index contributed by atoms with van der Waals surface area (Å²) in [6, 6.07) is 7.97. The van der Waals surface area contributed by atoms with Crippen molar-refractivity contribution in [2.24, 2.45) is 0 Å². The van der Waals surface area contributed by atoms with Gasteiger partial charge in [0.1, 0.15) is 0 Å². The Morgan fingerprint density at radius 1 is 1.13 bits per heavy atom. The number of aromatic nitrogens is 2. The number of hydrogen-bond donors (Lipinski definition) is 1. The van der Waals surface area contributed by atoms with Gasteiger partial charge in [-0.05, 0) is 42.5 Å². The largest absolute Gasteiger partial charge is 0.352 e. The molecule has 2 amide bonds. The highest BCUT2D eigenvalue weighted by molar-refractivity contribution is 7.14. The highest BCUT2D eigenvalue weighted by atomic mass is 32.1. The van der Waals surface area contributed by atoms with Crippen molar-refractivity contribution in [1.82, 2.24) is 15.1 Å². The SMILES string of the molecule is O=C(Nc1cccs1)N1CCN(c2ccc(C3CC3)nn2)CC1. The van der Waals surface area contributed by atoms with E-state index in [1.54, 1.807) is 0 Å². The maximum Gasteiger partial charge on any atom is 0.322 e. The normalized spacial score (nSPS) is 18.1. The van der Waals surface area contributed by atoms with E-state index in [2.05, 4.69) is 32.5 Å². The zero-order chi connectivity index (χ0) is 15.6. The molecule has 2 aliphatic rings. The monoisotopic (exact) mass is 329 g/mol. The van der Waals surface area contributed by atoms with Crippen molar-refractivity contribution < 1.29 is 4.79 Å². The van der Waals surface area contributed by atoms with E-state index in [1.807, 2.05) is 22.4 Å². The second-order valence-corrected chi connectivity index (χ2v) is 6.92. The topological polar surface area (TPSA) is 61.4 Å². The fourth-order valence-electron chi connectivity index (χ4n) is 2.77. The van der Waals surface area contributed by atoms with Crippen LogP contribution in [0.4, 0.5) is 15.6 Å². The summed E-state index contributed by atoms with van der Waals surface area (Å²) in [5.74, 6) is 1.54. The molecular weight excluding hydrogens is 310 g/mol. The van der Waals surface area contributed by atoms with Crippen molar-refractivity contribution in [3.8, 4) is 0 Å². The van der Waals surface area contributed by atoms with Gasteiger partial charge in [0.05, 0.1) is 10.7 Å². The number of piperazine rings is 1. The van der Waals surface area contributed by atoms with Gasteiger partial charge in [-0.3, -0.25) is 5.32 Å². The predicted molar refractivity (Wildman–Crippen MR) is 91.1 cm³/mol. The number of urea groups is 1. The molecule has 1 saturated carbocycles. The molecule has 6 nitrogen and oxygen atoms in total. The predicted octanol–water partition coefficient (Wildman–Crippen LogP) is 2.77. The standard InChI is InChI=1S/C16H19N5OS/c22-16(17-15-2-1-11-23-15)21-9-7-20(8-10-21)14-6-5-13(18-19-14)12-3-4-12/h1-2,5-6,11-12H,3-4,7-10H2,(H,17,22). The lowest BCUT2D eigenvalue weighted by molar-refractivity contribution is 0.208. The minimum Gasteiger partial charge on any atom is -0.352 e. The van der Waals surface area contributed by atoms with Crippen molar-refractivity contribution >= 4 is 28.2 Å². The molecule has 0 radical (unpaired) electrons. The van der Waals surface area contributed by atoms with Gasteiger partial charge in [-0.15, -0.1) is 16.4 Å². The summed E-state index contributed by atoms with van der Waals surface area (Å²) < 4.78 is 0. The van der Waals surface area contributed by atoms with E-state index in [1.165, 1.54) is 24.2 Å². The van der Waals surface area contributed by atoms with Gasteiger partial charge < -0.3 is 9.80 Å². The molecule has 2 fully saturated rings. The van der Waals surface area contributed by atoms with Crippen LogP contribution in [0, 0.1) is 0 Å². The van der Waals surface area contributed by atoms with Crippen LogP contribution in [0.3, 0.4) is 0 Å². The van der Waals surface area contributed by atoms with Crippen molar-refractivity contribution in [2.75, 3.05) is 36.4 Å². The molecule has 23 heavy (non-hydrogen) atoms. The van der Waals surface area contributed by atoms with E-state index in [4.69, 9.17) is 0 Å². The Hall–Kier alpha value is -2.15. The second kappa shape index (κ2) is 6.16. The Morgan fingerprint density at radius 2 is 1.96 bits per heavy atom. The van der Waals surface area contributed by atoms with Gasteiger partial charge in [0, 0.05) is 32.1 Å². The third kappa shape index (κ3) is 3.29. The molecule has 1 saturated heterocycles. The highest BCUT2D eigenvalue weighted by Crippen LogP contribution is 2.38. The molecule has 0 spiro atoms. The molecule has 1 aliphatic carbocycles. The molecular formula is C16H19N5OS. The number of hydrogen-bond acceptors (Lipinski definition) is 5. The third-order valence-corrected chi connectivity index (χ3v) is 5.09. The van der Waals surface area contributed by atoms with Crippen LogP contribution in [-0.2, 0) is 0 Å². The molecule has 1 N–H and O–H groups in total. The van der Waals surface area contributed by atoms with Gasteiger partial charge >= 0.3 is 6.03 Å². The van der Waals surface area contributed by atoms with Crippen molar-refractivity contribution in [3.63, 3.8) is 0 Å². The Balaban J connectivity index is 1.32. The first kappa shape index (κ1) is 14.4. The number of anilines is 2. The van der Waals surface area contributed by atoms with Crippen molar-refractivity contribution in [1.29, 1.82) is 0 Å². The Bertz CT molecular complexity index is 660. The smallest absolute Gasteiger partial charge is 0.322 e. The van der Waals surface area contributed by atoms with Gasteiger partial charge in [0.15, 0.2) is 5.82 Å². The molecule has 0 aromatic carbocycles. The lowest BCUT2D eigenvalue weighted by Crippen LogP contribution is -2.50. The van der Waals surface area contributed by atoms with Crippen LogP contribution in [-0.4, -0.2) is 47.3 Å². The molecule has 0 unspecified atom stereocenters. The number of amides is 2. The Morgan fingerprint density at radius 3 is 2.57 bits per heavy atom. The van der Waals surface area contributed by atoms with Crippen LogP contribution in [0.15, 0.2) is 29.6 Å². The summed E-state index contributed by atoms with van der Waals surface area (Å²) in [4.78, 5) is 16.3. The second-order valence-electron chi connectivity index (χ2n) is 5.97. The van der Waals surface area contributed by atoms with Gasteiger partial charge in [0.25, 0.3) is 0 Å². The van der Waals surface area contributed by atoms with E-state index in [9.17, 15) is 4.79 Å². The number of rotatable bonds is 3. The third-order valence-electron chi connectivity index (χ3n) is 4.31. The Kier molecular flexibility index (Phi) is 3.87. The van der Waals surface area contributed by atoms with Gasteiger partial charge in [-0.1, -0.05) is 0 Å². The van der Waals surface area contributed by atoms with Gasteiger partial charge in [-0.2, -0.15) is 5.10 Å². The summed E-state index contributed by atoms with van der Waals surface area (Å²) in [7, 11) is 0. The molecule has 120 valence electrons. The van der Waals surface area contributed by atoms with E-state index in [0.717, 1.165) is 29.6 Å². The molecule has 0 atom stereocenters. The molecule has 4 rings (SSSR count). The van der Waals surface area contributed by atoms with Crippen molar-refractivity contribution in [3.05, 3.63) is 35.3 Å². The molecule has 2 aromatic rings. The zero-order valence-corrected chi connectivity index (χ0v) is 13.6. The maximum absolute atomic E-state index is 12.2. The van der Waals surface area contributed by atoms with Gasteiger partial charge in [0.2, 0.25) is 0 Å². The first-order valence-electron chi connectivity index (χ1n) is 7.97. The summed E-state index contributed by atoms with van der Waals surface area (Å²) >= 11 is 1.53. The van der Waals surface area contributed by atoms with Crippen LogP contribution in [0.5, 0.6) is 0 Å². The minimum atomic E-state index is -0.0257. The molecule has 7 heteroatoms. The van der Waals surface area contributed by atoms with E-state index in [0.29, 0.717) is 19.0 Å². The number of carbonyl (C=O) groups is 1. The maximum atomic E-state index is 12.2. The molecule has 0 bridgehead atoms. The first-order chi connectivity index (χ1) is 11.3. The quantitative estimate of drug-likeness (QED) is 0.940. The fourth-order valence-corrected chi connectivity index (χ4v) is 3.38. The number of nitrogens with one attached hydrogen (secondary N) is 1. The van der Waals surface area contributed by atoms with E-state index < -0.39 is 0 Å². The van der Waals surface area contributed by atoms with E-state index >= 15 is 0 Å². The molecule has 2 aromatic heterocycles. The average molecular weight is 329 g/mol. The minimum absolute atomic E-state index is 0.0257. The van der Waals surface area contributed by atoms with Crippen LogP contribution >= 0.6 is 11.3 Å². The summed E-state index contributed by atoms with van der Waals surface area (Å²) in [5, 5.41) is 14.5. The average Bonchev–Trinajstić information content (AvgIpc) is 3.33. The van der Waals surface area contributed by atoms with Crippen LogP contribution in [0.2, 0.25) is 0 Å². The van der Waals surface area contributed by atoms with Crippen LogP contribution in [0.1, 0.15) is 24.5 Å². The lowest BCUT2D eigenvalue weighted by atomic mass is 10.2. The highest BCUT2D eigenvalue weighted by Gasteiger charge is 2.26. The Labute approximate surface area is 139 Å². The van der Waals surface area contributed by atoms with E-state index in [-0.39, 0.29) is 6.03 Å². The number of carbonyl (C=O) groups excluding carboxylic acids is 1. The lowest BCUT2D eigenvalue weighted by Gasteiger charge is -2.35. The first-order valence-corrected chi connectivity index (χ1v) is 8.85. The summed E-state index contributed by atoms with van der Waals surface area (Å²) in [5.41, 5.74) is 1.11. The van der Waals surface area contributed by atoms with Crippen LogP contribution in [0.25, 0.3) is 0 Å². The number of nitrogens with zero attached hydrogens (tertiary/aromatic N) is 4. The number of thiophene rings is 1. The molecule has 3 heterocycles. The van der Waals surface area contributed by atoms with Gasteiger partial charge in [-0.25, -0.2) is 4.79 Å². The summed E-state index contributed by atoms with van der Waals surface area (Å²) in [6.07, 6.45) is 2.48.